The molecule has 0 radical (unpaired) electrons. The topological polar surface area (TPSA) is 63.0 Å². The largest absolute Gasteiger partial charge is 0.394 e. The van der Waals surface area contributed by atoms with Crippen LogP contribution in [-0.2, 0) is 6.54 Å². The molecule has 3 aromatic rings. The number of rotatable bonds is 5. The standard InChI is InChI=1S/C18H22N4OS/c1-11-9-17(19-16-10-14(24-4)5-6-15(11)16)20-18-12(2)21-22(7-8-23)13(18)3/h5-6,9-10,23H,7-8H2,1-4H3,(H,19,20). The van der Waals surface area contributed by atoms with Gasteiger partial charge in [0.25, 0.3) is 0 Å². The second-order valence-electron chi connectivity index (χ2n) is 5.83. The first-order valence-electron chi connectivity index (χ1n) is 7.90. The average Bonchev–Trinajstić information content (AvgIpc) is 2.82. The van der Waals surface area contributed by atoms with E-state index in [0.717, 1.165) is 28.4 Å². The smallest absolute Gasteiger partial charge is 0.131 e. The van der Waals surface area contributed by atoms with Crippen LogP contribution in [0, 0.1) is 20.8 Å². The first-order valence-corrected chi connectivity index (χ1v) is 9.13. The van der Waals surface area contributed by atoms with Gasteiger partial charge in [-0.2, -0.15) is 5.10 Å². The third kappa shape index (κ3) is 3.12. The number of hydrogen-bond donors (Lipinski definition) is 2. The van der Waals surface area contributed by atoms with Crippen LogP contribution in [0.3, 0.4) is 0 Å². The normalized spacial score (nSPS) is 11.2. The number of aromatic nitrogens is 3. The van der Waals surface area contributed by atoms with Crippen molar-refractivity contribution in [1.82, 2.24) is 14.8 Å². The van der Waals surface area contributed by atoms with E-state index in [-0.39, 0.29) is 6.61 Å². The Labute approximate surface area is 146 Å². The Balaban J connectivity index is 2.01. The van der Waals surface area contributed by atoms with Gasteiger partial charge in [-0.05, 0) is 50.8 Å². The number of benzene rings is 1. The number of pyridine rings is 1. The van der Waals surface area contributed by atoms with Gasteiger partial charge in [-0.15, -0.1) is 11.8 Å². The van der Waals surface area contributed by atoms with Crippen LogP contribution in [-0.4, -0.2) is 32.7 Å². The molecule has 0 fully saturated rings. The van der Waals surface area contributed by atoms with Crippen LogP contribution in [0.5, 0.6) is 0 Å². The third-order valence-corrected chi connectivity index (χ3v) is 4.90. The minimum absolute atomic E-state index is 0.0756. The van der Waals surface area contributed by atoms with Crippen molar-refractivity contribution in [2.75, 3.05) is 18.2 Å². The van der Waals surface area contributed by atoms with Crippen molar-refractivity contribution in [3.8, 4) is 0 Å². The number of anilines is 2. The minimum atomic E-state index is 0.0756. The maximum atomic E-state index is 9.14. The highest BCUT2D eigenvalue weighted by Crippen LogP contribution is 2.28. The molecule has 0 spiro atoms. The molecule has 0 aliphatic heterocycles. The van der Waals surface area contributed by atoms with Crippen molar-refractivity contribution in [3.05, 3.63) is 41.2 Å². The fourth-order valence-corrected chi connectivity index (χ4v) is 3.33. The van der Waals surface area contributed by atoms with Gasteiger partial charge in [-0.1, -0.05) is 6.07 Å². The van der Waals surface area contributed by atoms with Gasteiger partial charge in [-0.3, -0.25) is 4.68 Å². The summed E-state index contributed by atoms with van der Waals surface area (Å²) < 4.78 is 1.82. The van der Waals surface area contributed by atoms with Gasteiger partial charge in [0.2, 0.25) is 0 Å². The zero-order chi connectivity index (χ0) is 17.3. The molecule has 0 unspecified atom stereocenters. The quantitative estimate of drug-likeness (QED) is 0.690. The SMILES string of the molecule is CSc1ccc2c(C)cc(Nc3c(C)nn(CCO)c3C)nc2c1. The molecule has 0 amide bonds. The Morgan fingerprint density at radius 2 is 2.00 bits per heavy atom. The fourth-order valence-electron chi connectivity index (χ4n) is 2.89. The van der Waals surface area contributed by atoms with Gasteiger partial charge in [0, 0.05) is 10.3 Å². The van der Waals surface area contributed by atoms with E-state index < -0.39 is 0 Å². The molecular weight excluding hydrogens is 320 g/mol. The van der Waals surface area contributed by atoms with E-state index in [9.17, 15) is 0 Å². The van der Waals surface area contributed by atoms with E-state index in [1.54, 1.807) is 11.8 Å². The first-order chi connectivity index (χ1) is 11.5. The number of aliphatic hydroxyl groups excluding tert-OH is 1. The van der Waals surface area contributed by atoms with Crippen molar-refractivity contribution >= 4 is 34.2 Å². The summed E-state index contributed by atoms with van der Waals surface area (Å²) in [5, 5.41) is 18.2. The predicted molar refractivity (Wildman–Crippen MR) is 100 cm³/mol. The van der Waals surface area contributed by atoms with Gasteiger partial charge >= 0.3 is 0 Å². The van der Waals surface area contributed by atoms with Gasteiger partial charge < -0.3 is 10.4 Å². The maximum Gasteiger partial charge on any atom is 0.131 e. The zero-order valence-corrected chi connectivity index (χ0v) is 15.2. The van der Waals surface area contributed by atoms with Gasteiger partial charge in [0.1, 0.15) is 5.82 Å². The van der Waals surface area contributed by atoms with E-state index in [2.05, 4.69) is 47.9 Å². The molecule has 2 N–H and O–H groups in total. The first kappa shape index (κ1) is 16.8. The molecule has 0 aliphatic rings. The highest BCUT2D eigenvalue weighted by molar-refractivity contribution is 7.98. The molecule has 0 atom stereocenters. The molecule has 0 aliphatic carbocycles. The van der Waals surface area contributed by atoms with Crippen LogP contribution in [0.1, 0.15) is 17.0 Å². The lowest BCUT2D eigenvalue weighted by Crippen LogP contribution is -2.06. The van der Waals surface area contributed by atoms with Crippen LogP contribution >= 0.6 is 11.8 Å². The highest BCUT2D eigenvalue weighted by Gasteiger charge is 2.13. The second-order valence-corrected chi connectivity index (χ2v) is 6.70. The fraction of sp³-hybridized carbons (Fsp3) is 0.333. The summed E-state index contributed by atoms with van der Waals surface area (Å²) in [5.41, 5.74) is 5.03. The molecule has 3 rings (SSSR count). The molecule has 0 bridgehead atoms. The number of fused-ring (bicyclic) bond motifs is 1. The number of nitrogens with zero attached hydrogens (tertiary/aromatic N) is 3. The minimum Gasteiger partial charge on any atom is -0.394 e. The van der Waals surface area contributed by atoms with Crippen molar-refractivity contribution in [2.24, 2.45) is 0 Å². The molecule has 0 saturated heterocycles. The number of nitrogens with one attached hydrogen (secondary N) is 1. The molecule has 2 heterocycles. The second kappa shape index (κ2) is 6.83. The number of thioether (sulfide) groups is 1. The Hall–Kier alpha value is -2.05. The number of aryl methyl sites for hydroxylation is 2. The Bertz CT molecular complexity index is 888. The van der Waals surface area contributed by atoms with E-state index >= 15 is 0 Å². The highest BCUT2D eigenvalue weighted by atomic mass is 32.2. The maximum absolute atomic E-state index is 9.14. The van der Waals surface area contributed by atoms with E-state index in [0.29, 0.717) is 6.54 Å². The molecule has 2 aromatic heterocycles. The van der Waals surface area contributed by atoms with Gasteiger partial charge in [0.15, 0.2) is 0 Å². The van der Waals surface area contributed by atoms with Crippen LogP contribution in [0.4, 0.5) is 11.5 Å². The molecule has 5 nitrogen and oxygen atoms in total. The van der Waals surface area contributed by atoms with E-state index in [1.807, 2.05) is 18.5 Å². The van der Waals surface area contributed by atoms with Crippen molar-refractivity contribution < 1.29 is 5.11 Å². The van der Waals surface area contributed by atoms with Gasteiger partial charge in [0.05, 0.1) is 35.7 Å². The molecule has 24 heavy (non-hydrogen) atoms. The monoisotopic (exact) mass is 342 g/mol. The molecule has 0 saturated carbocycles. The summed E-state index contributed by atoms with van der Waals surface area (Å²) in [7, 11) is 0. The van der Waals surface area contributed by atoms with Crippen LogP contribution in [0.25, 0.3) is 10.9 Å². The summed E-state index contributed by atoms with van der Waals surface area (Å²) in [5.74, 6) is 0.813. The molecule has 126 valence electrons. The molecule has 1 aromatic carbocycles. The van der Waals surface area contributed by atoms with E-state index in [4.69, 9.17) is 10.1 Å². The Morgan fingerprint density at radius 1 is 1.21 bits per heavy atom. The lowest BCUT2D eigenvalue weighted by Gasteiger charge is -2.10. The van der Waals surface area contributed by atoms with Crippen LogP contribution in [0.2, 0.25) is 0 Å². The Morgan fingerprint density at radius 3 is 2.71 bits per heavy atom. The third-order valence-electron chi connectivity index (χ3n) is 4.17. The number of hydrogen-bond acceptors (Lipinski definition) is 5. The van der Waals surface area contributed by atoms with Crippen LogP contribution < -0.4 is 5.32 Å². The van der Waals surface area contributed by atoms with Crippen molar-refractivity contribution in [2.45, 2.75) is 32.2 Å². The van der Waals surface area contributed by atoms with Crippen molar-refractivity contribution in [3.63, 3.8) is 0 Å². The molecular formula is C18H22N4OS. The Kier molecular flexibility index (Phi) is 4.78. The van der Waals surface area contributed by atoms with Gasteiger partial charge in [-0.25, -0.2) is 4.98 Å². The summed E-state index contributed by atoms with van der Waals surface area (Å²) >= 11 is 1.72. The predicted octanol–water partition coefficient (Wildman–Crippen LogP) is 3.81. The van der Waals surface area contributed by atoms with Crippen molar-refractivity contribution in [1.29, 1.82) is 0 Å². The summed E-state index contributed by atoms with van der Waals surface area (Å²) in [6.07, 6.45) is 2.07. The zero-order valence-electron chi connectivity index (χ0n) is 14.4. The summed E-state index contributed by atoms with van der Waals surface area (Å²) in [6.45, 7) is 6.63. The number of aliphatic hydroxyl groups is 1. The van der Waals surface area contributed by atoms with E-state index in [1.165, 1.54) is 15.8 Å². The lowest BCUT2D eigenvalue weighted by molar-refractivity contribution is 0.268. The lowest BCUT2D eigenvalue weighted by atomic mass is 10.1. The molecule has 6 heteroatoms. The van der Waals surface area contributed by atoms with Crippen LogP contribution in [0.15, 0.2) is 29.2 Å². The average molecular weight is 342 g/mol. The summed E-state index contributed by atoms with van der Waals surface area (Å²) in [4.78, 5) is 5.97. The summed E-state index contributed by atoms with van der Waals surface area (Å²) in [6, 6.07) is 8.43.